The van der Waals surface area contributed by atoms with Crippen LogP contribution in [0, 0.1) is 0 Å². The first-order valence-corrected chi connectivity index (χ1v) is 7.29. The fraction of sp³-hybridized carbons (Fsp3) is 0.692. The van der Waals surface area contributed by atoms with Crippen LogP contribution in [-0.4, -0.2) is 8.80 Å². The van der Waals surface area contributed by atoms with E-state index in [0.717, 1.165) is 11.1 Å². The highest BCUT2D eigenvalue weighted by Crippen LogP contribution is 2.50. The summed E-state index contributed by atoms with van der Waals surface area (Å²) in [5.41, 5.74) is 3.25. The lowest BCUT2D eigenvalue weighted by Crippen LogP contribution is -2.34. The Bertz CT molecular complexity index is 252. The normalized spacial score (nSPS) is 26.8. The fourth-order valence-electron chi connectivity index (χ4n) is 2.88. The highest BCUT2D eigenvalue weighted by atomic mass is 28.3. The summed E-state index contributed by atoms with van der Waals surface area (Å²) in [4.78, 5) is 0. The zero-order chi connectivity index (χ0) is 10.9. The third-order valence-corrected chi connectivity index (χ3v) is 7.69. The average Bonchev–Trinajstić information content (AvgIpc) is 2.30. The van der Waals surface area contributed by atoms with Crippen LogP contribution in [-0.2, 0) is 0 Å². The van der Waals surface area contributed by atoms with Crippen molar-refractivity contribution in [3.05, 3.63) is 23.8 Å². The summed E-state index contributed by atoms with van der Waals surface area (Å²) in [6.07, 6.45) is 6.96. The van der Waals surface area contributed by atoms with Crippen molar-refractivity contribution in [2.24, 2.45) is 0 Å². The monoisotopic (exact) mass is 207 g/mol. The van der Waals surface area contributed by atoms with Gasteiger partial charge in [0.05, 0.1) is 8.80 Å². The lowest BCUT2D eigenvalue weighted by atomic mass is 10.1. The van der Waals surface area contributed by atoms with Crippen molar-refractivity contribution < 1.29 is 0 Å². The highest BCUT2D eigenvalue weighted by Gasteiger charge is 2.40. The van der Waals surface area contributed by atoms with E-state index in [4.69, 9.17) is 0 Å². The quantitative estimate of drug-likeness (QED) is 0.594. The Morgan fingerprint density at radius 3 is 1.93 bits per heavy atom. The van der Waals surface area contributed by atoms with Gasteiger partial charge in [0.25, 0.3) is 0 Å². The van der Waals surface area contributed by atoms with Gasteiger partial charge in [0.2, 0.25) is 0 Å². The Morgan fingerprint density at radius 2 is 1.64 bits per heavy atom. The minimum absolute atomic E-state index is 0.359. The van der Waals surface area contributed by atoms with Crippen LogP contribution in [0.25, 0.3) is 0 Å². The van der Waals surface area contributed by atoms with Gasteiger partial charge in [-0.1, -0.05) is 69.5 Å². The van der Waals surface area contributed by atoms with Crippen molar-refractivity contribution in [3.8, 4) is 0 Å². The lowest BCUT2D eigenvalue weighted by molar-refractivity contribution is 0.787. The summed E-state index contributed by atoms with van der Waals surface area (Å²) in [6, 6.07) is 0. The maximum Gasteiger partial charge on any atom is 0.0700 e. The Morgan fingerprint density at radius 1 is 1.14 bits per heavy atom. The SMILES string of the molecule is CC1=CC=CC1(C)[Si](C(C)C)C(C)C. The van der Waals surface area contributed by atoms with E-state index in [1.807, 2.05) is 0 Å². The molecule has 1 atom stereocenters. The highest BCUT2D eigenvalue weighted by molar-refractivity contribution is 6.66. The van der Waals surface area contributed by atoms with E-state index in [9.17, 15) is 0 Å². The summed E-state index contributed by atoms with van der Waals surface area (Å²) in [5.74, 6) is 0. The summed E-state index contributed by atoms with van der Waals surface area (Å²) in [7, 11) is -0.359. The van der Waals surface area contributed by atoms with Crippen LogP contribution in [0.1, 0.15) is 41.5 Å². The van der Waals surface area contributed by atoms with Crippen LogP contribution >= 0.6 is 0 Å². The van der Waals surface area contributed by atoms with E-state index < -0.39 is 0 Å². The second-order valence-corrected chi connectivity index (χ2v) is 9.43. The molecule has 14 heavy (non-hydrogen) atoms. The first-order chi connectivity index (χ1) is 6.39. The zero-order valence-electron chi connectivity index (χ0n) is 10.4. The van der Waals surface area contributed by atoms with Crippen LogP contribution in [0.3, 0.4) is 0 Å². The average molecular weight is 207 g/mol. The van der Waals surface area contributed by atoms with Gasteiger partial charge in [-0.05, 0) is 12.0 Å². The maximum absolute atomic E-state index is 2.43. The molecule has 1 aliphatic carbocycles. The minimum atomic E-state index is -0.359. The number of hydrogen-bond donors (Lipinski definition) is 0. The van der Waals surface area contributed by atoms with Crippen molar-refractivity contribution in [2.75, 3.05) is 0 Å². The zero-order valence-corrected chi connectivity index (χ0v) is 11.4. The summed E-state index contributed by atoms with van der Waals surface area (Å²) >= 11 is 0. The lowest BCUT2D eigenvalue weighted by Gasteiger charge is -2.38. The van der Waals surface area contributed by atoms with Crippen LogP contribution in [0.15, 0.2) is 23.8 Å². The molecule has 0 spiro atoms. The fourth-order valence-corrected chi connectivity index (χ4v) is 7.44. The Labute approximate surface area is 90.7 Å². The third kappa shape index (κ3) is 1.88. The van der Waals surface area contributed by atoms with Crippen molar-refractivity contribution >= 4 is 8.80 Å². The molecular formula is C13H23Si. The predicted octanol–water partition coefficient (Wildman–Crippen LogP) is 4.58. The summed E-state index contributed by atoms with van der Waals surface area (Å²) in [5, 5.41) is 0.396. The summed E-state index contributed by atoms with van der Waals surface area (Å²) in [6.45, 7) is 14.3. The van der Waals surface area contributed by atoms with Crippen LogP contribution < -0.4 is 0 Å². The maximum atomic E-state index is 2.43. The van der Waals surface area contributed by atoms with Gasteiger partial charge in [0, 0.05) is 0 Å². The molecule has 0 saturated carbocycles. The van der Waals surface area contributed by atoms with Crippen LogP contribution in [0.5, 0.6) is 0 Å². The van der Waals surface area contributed by atoms with E-state index in [2.05, 4.69) is 59.8 Å². The number of allylic oxidation sites excluding steroid dienone is 4. The van der Waals surface area contributed by atoms with Crippen molar-refractivity contribution in [1.29, 1.82) is 0 Å². The first-order valence-electron chi connectivity index (χ1n) is 5.63. The summed E-state index contributed by atoms with van der Waals surface area (Å²) < 4.78 is 0. The van der Waals surface area contributed by atoms with Crippen molar-refractivity contribution in [3.63, 3.8) is 0 Å². The molecule has 0 N–H and O–H groups in total. The Hall–Kier alpha value is -0.303. The Kier molecular flexibility index (Phi) is 3.41. The molecule has 1 radical (unpaired) electrons. The van der Waals surface area contributed by atoms with E-state index in [1.165, 1.54) is 0 Å². The van der Waals surface area contributed by atoms with E-state index >= 15 is 0 Å². The van der Waals surface area contributed by atoms with Gasteiger partial charge in [-0.25, -0.2) is 0 Å². The smallest absolute Gasteiger partial charge is 0.0700 e. The van der Waals surface area contributed by atoms with Gasteiger partial charge in [-0.15, -0.1) is 0 Å². The third-order valence-electron chi connectivity index (χ3n) is 3.44. The largest absolute Gasteiger partial charge is 0.0776 e. The molecule has 0 heterocycles. The van der Waals surface area contributed by atoms with E-state index in [-0.39, 0.29) is 8.80 Å². The Balaban J connectivity index is 2.99. The molecule has 0 aromatic carbocycles. The second-order valence-electron chi connectivity index (χ2n) is 5.18. The molecule has 0 bridgehead atoms. The molecule has 0 amide bonds. The van der Waals surface area contributed by atoms with Gasteiger partial charge >= 0.3 is 0 Å². The van der Waals surface area contributed by atoms with Gasteiger partial charge < -0.3 is 0 Å². The van der Waals surface area contributed by atoms with Crippen molar-refractivity contribution in [2.45, 2.75) is 57.7 Å². The molecular weight excluding hydrogens is 184 g/mol. The molecule has 1 unspecified atom stereocenters. The minimum Gasteiger partial charge on any atom is -0.0776 e. The van der Waals surface area contributed by atoms with Crippen LogP contribution in [0.4, 0.5) is 0 Å². The molecule has 1 aliphatic rings. The van der Waals surface area contributed by atoms with E-state index in [1.54, 1.807) is 5.57 Å². The molecule has 79 valence electrons. The van der Waals surface area contributed by atoms with Crippen molar-refractivity contribution in [1.82, 2.24) is 0 Å². The van der Waals surface area contributed by atoms with Gasteiger partial charge in [-0.3, -0.25) is 0 Å². The topological polar surface area (TPSA) is 0 Å². The molecule has 1 rings (SSSR count). The van der Waals surface area contributed by atoms with E-state index in [0.29, 0.717) is 5.04 Å². The van der Waals surface area contributed by atoms with Crippen LogP contribution in [0.2, 0.25) is 16.1 Å². The predicted molar refractivity (Wildman–Crippen MR) is 67.2 cm³/mol. The molecule has 0 fully saturated rings. The molecule has 1 heteroatoms. The molecule has 0 nitrogen and oxygen atoms in total. The number of hydrogen-bond acceptors (Lipinski definition) is 0. The standard InChI is InChI=1S/C13H23Si/c1-10(2)14(11(3)4)13(6)9-7-8-12(13)5/h7-11H,1-6H3. The molecule has 0 saturated heterocycles. The molecule has 0 aromatic heterocycles. The van der Waals surface area contributed by atoms with Gasteiger partial charge in [0.15, 0.2) is 0 Å². The molecule has 0 aromatic rings. The van der Waals surface area contributed by atoms with Gasteiger partial charge in [-0.2, -0.15) is 0 Å². The number of rotatable bonds is 3. The van der Waals surface area contributed by atoms with Gasteiger partial charge in [0.1, 0.15) is 0 Å². The second kappa shape index (κ2) is 4.06. The first kappa shape index (κ1) is 11.8. The molecule has 0 aliphatic heterocycles.